The van der Waals surface area contributed by atoms with E-state index in [1.54, 1.807) is 0 Å². The quantitative estimate of drug-likeness (QED) is 0.466. The minimum atomic E-state index is -0.300. The van der Waals surface area contributed by atoms with Gasteiger partial charge in [0.2, 0.25) is 0 Å². The van der Waals surface area contributed by atoms with E-state index >= 15 is 0 Å². The molecule has 2 heteroatoms. The summed E-state index contributed by atoms with van der Waals surface area (Å²) in [6.45, 7) is 2.16. The molecule has 0 aliphatic rings. The molecule has 0 fully saturated rings. The van der Waals surface area contributed by atoms with E-state index in [1.807, 2.05) is 66.7 Å². The lowest BCUT2D eigenvalue weighted by Gasteiger charge is -2.11. The maximum absolute atomic E-state index is 12.6. The number of fused-ring (bicyclic) bond motifs is 1. The zero-order valence-corrected chi connectivity index (χ0v) is 13.3. The highest BCUT2D eigenvalue weighted by Crippen LogP contribution is 2.24. The average Bonchev–Trinajstić information content (AvgIpc) is 2.60. The van der Waals surface area contributed by atoms with Crippen molar-refractivity contribution in [1.29, 1.82) is 0 Å². The van der Waals surface area contributed by atoms with Crippen LogP contribution < -0.4 is 4.74 Å². The third-order valence-corrected chi connectivity index (χ3v) is 3.98. The van der Waals surface area contributed by atoms with Crippen LogP contribution in [0.3, 0.4) is 0 Å². The van der Waals surface area contributed by atoms with E-state index in [4.69, 9.17) is 4.74 Å². The predicted molar refractivity (Wildman–Crippen MR) is 94.0 cm³/mol. The Morgan fingerprint density at radius 2 is 1.65 bits per heavy atom. The van der Waals surface area contributed by atoms with Crippen molar-refractivity contribution in [3.05, 3.63) is 77.9 Å². The molecule has 0 aliphatic carbocycles. The second-order valence-electron chi connectivity index (χ2n) is 5.63. The van der Waals surface area contributed by atoms with Gasteiger partial charge in [0.25, 0.3) is 0 Å². The minimum absolute atomic E-state index is 0.300. The van der Waals surface area contributed by atoms with Crippen molar-refractivity contribution < 1.29 is 9.53 Å². The first-order valence-corrected chi connectivity index (χ1v) is 8.07. The molecule has 0 unspecified atom stereocenters. The molecular weight excluding hydrogens is 284 g/mol. The first-order chi connectivity index (χ1) is 11.3. The number of para-hydroxylation sites is 1. The first-order valence-electron chi connectivity index (χ1n) is 8.07. The number of rotatable bonds is 5. The maximum Gasteiger partial charge on any atom is 0.344 e. The highest BCUT2D eigenvalue weighted by Gasteiger charge is 2.14. The molecule has 2 nitrogen and oxygen atoms in total. The van der Waals surface area contributed by atoms with Crippen molar-refractivity contribution in [3.63, 3.8) is 0 Å². The number of hydrogen-bond donors (Lipinski definition) is 0. The fourth-order valence-corrected chi connectivity index (χ4v) is 2.74. The van der Waals surface area contributed by atoms with E-state index in [9.17, 15) is 4.79 Å². The van der Waals surface area contributed by atoms with E-state index in [2.05, 4.69) is 6.92 Å². The van der Waals surface area contributed by atoms with Crippen LogP contribution in [-0.2, 0) is 6.42 Å². The Labute approximate surface area is 136 Å². The first kappa shape index (κ1) is 15.3. The topological polar surface area (TPSA) is 26.3 Å². The number of carbonyl (C=O) groups excluding carboxylic acids is 1. The number of unbranched alkanes of at least 4 members (excludes halogenated alkanes) is 1. The minimum Gasteiger partial charge on any atom is -0.423 e. The summed E-state index contributed by atoms with van der Waals surface area (Å²) in [5, 5.41) is 1.97. The van der Waals surface area contributed by atoms with Crippen LogP contribution in [0.2, 0.25) is 0 Å². The van der Waals surface area contributed by atoms with Gasteiger partial charge >= 0.3 is 5.97 Å². The fourth-order valence-electron chi connectivity index (χ4n) is 2.74. The Balaban J connectivity index is 1.90. The summed E-state index contributed by atoms with van der Waals surface area (Å²) in [6, 6.07) is 21.4. The molecule has 0 spiro atoms. The van der Waals surface area contributed by atoms with Crippen LogP contribution in [0.1, 0.15) is 35.7 Å². The van der Waals surface area contributed by atoms with Gasteiger partial charge < -0.3 is 4.74 Å². The van der Waals surface area contributed by atoms with Crippen LogP contribution in [0.15, 0.2) is 66.7 Å². The van der Waals surface area contributed by atoms with Crippen molar-refractivity contribution in [3.8, 4) is 5.75 Å². The zero-order chi connectivity index (χ0) is 16.1. The molecule has 116 valence electrons. The van der Waals surface area contributed by atoms with E-state index < -0.39 is 0 Å². The Bertz CT molecular complexity index is 815. The summed E-state index contributed by atoms with van der Waals surface area (Å²) in [7, 11) is 0. The Morgan fingerprint density at radius 1 is 0.913 bits per heavy atom. The van der Waals surface area contributed by atoms with E-state index in [-0.39, 0.29) is 5.97 Å². The van der Waals surface area contributed by atoms with Gasteiger partial charge in [-0.15, -0.1) is 0 Å². The third-order valence-electron chi connectivity index (χ3n) is 3.98. The standard InChI is InChI=1S/C21H20O2/c1-2-3-9-17-11-5-7-15-20(17)23-21(22)19-14-8-12-16-10-4-6-13-18(16)19/h4-8,10-15H,2-3,9H2,1H3. The SMILES string of the molecule is CCCCc1ccccc1OC(=O)c1cccc2ccccc12. The molecule has 3 aromatic carbocycles. The second kappa shape index (κ2) is 7.10. The molecule has 0 saturated heterocycles. The molecular formula is C21H20O2. The van der Waals surface area contributed by atoms with Gasteiger partial charge in [-0.25, -0.2) is 4.79 Å². The molecule has 0 amide bonds. The second-order valence-corrected chi connectivity index (χ2v) is 5.63. The van der Waals surface area contributed by atoms with Crippen LogP contribution >= 0.6 is 0 Å². The smallest absolute Gasteiger partial charge is 0.344 e. The lowest BCUT2D eigenvalue weighted by atomic mass is 10.0. The number of ether oxygens (including phenoxy) is 1. The normalized spacial score (nSPS) is 10.7. The van der Waals surface area contributed by atoms with E-state index in [0.29, 0.717) is 11.3 Å². The summed E-state index contributed by atoms with van der Waals surface area (Å²) in [5.74, 6) is 0.365. The van der Waals surface area contributed by atoms with Gasteiger partial charge in [-0.1, -0.05) is 67.9 Å². The summed E-state index contributed by atoms with van der Waals surface area (Å²) >= 11 is 0. The van der Waals surface area contributed by atoms with Crippen molar-refractivity contribution in [1.82, 2.24) is 0 Å². The number of aryl methyl sites for hydroxylation is 1. The number of benzene rings is 3. The predicted octanol–water partition coefficient (Wildman–Crippen LogP) is 5.40. The molecule has 0 heterocycles. The molecule has 0 aromatic heterocycles. The van der Waals surface area contributed by atoms with Crippen LogP contribution in [-0.4, -0.2) is 5.97 Å². The monoisotopic (exact) mass is 304 g/mol. The van der Waals surface area contributed by atoms with Gasteiger partial charge in [-0.3, -0.25) is 0 Å². The molecule has 0 saturated carbocycles. The average molecular weight is 304 g/mol. The third kappa shape index (κ3) is 3.42. The van der Waals surface area contributed by atoms with Crippen LogP contribution in [0.5, 0.6) is 5.75 Å². The number of hydrogen-bond acceptors (Lipinski definition) is 2. The summed E-state index contributed by atoms with van der Waals surface area (Å²) < 4.78 is 5.70. The van der Waals surface area contributed by atoms with Gasteiger partial charge in [0, 0.05) is 0 Å². The maximum atomic E-state index is 12.6. The van der Waals surface area contributed by atoms with E-state index in [0.717, 1.165) is 35.6 Å². The van der Waals surface area contributed by atoms with Gasteiger partial charge in [0.1, 0.15) is 5.75 Å². The van der Waals surface area contributed by atoms with Crippen LogP contribution in [0, 0.1) is 0 Å². The van der Waals surface area contributed by atoms with Crippen LogP contribution in [0.4, 0.5) is 0 Å². The lowest BCUT2D eigenvalue weighted by Crippen LogP contribution is -2.10. The molecule has 0 bridgehead atoms. The Hall–Kier alpha value is -2.61. The fraction of sp³-hybridized carbons (Fsp3) is 0.190. The van der Waals surface area contributed by atoms with Crippen molar-refractivity contribution in [2.24, 2.45) is 0 Å². The molecule has 3 aromatic rings. The lowest BCUT2D eigenvalue weighted by molar-refractivity contribution is 0.0735. The summed E-state index contributed by atoms with van der Waals surface area (Å²) in [5.41, 5.74) is 1.69. The van der Waals surface area contributed by atoms with Gasteiger partial charge in [0.05, 0.1) is 5.56 Å². The largest absolute Gasteiger partial charge is 0.423 e. The molecule has 3 rings (SSSR count). The molecule has 0 atom stereocenters. The van der Waals surface area contributed by atoms with Crippen molar-refractivity contribution >= 4 is 16.7 Å². The molecule has 0 N–H and O–H groups in total. The Morgan fingerprint density at radius 3 is 2.52 bits per heavy atom. The zero-order valence-electron chi connectivity index (χ0n) is 13.3. The van der Waals surface area contributed by atoms with Gasteiger partial charge in [0.15, 0.2) is 0 Å². The highest BCUT2D eigenvalue weighted by molar-refractivity contribution is 6.05. The van der Waals surface area contributed by atoms with Gasteiger partial charge in [-0.2, -0.15) is 0 Å². The van der Waals surface area contributed by atoms with Crippen molar-refractivity contribution in [2.75, 3.05) is 0 Å². The van der Waals surface area contributed by atoms with Gasteiger partial charge in [-0.05, 0) is 41.3 Å². The Kier molecular flexibility index (Phi) is 4.72. The van der Waals surface area contributed by atoms with Crippen LogP contribution in [0.25, 0.3) is 10.8 Å². The highest BCUT2D eigenvalue weighted by atomic mass is 16.5. The van der Waals surface area contributed by atoms with Crippen molar-refractivity contribution in [2.45, 2.75) is 26.2 Å². The molecule has 0 aliphatic heterocycles. The number of esters is 1. The summed E-state index contributed by atoms with van der Waals surface area (Å²) in [4.78, 5) is 12.6. The number of carbonyl (C=O) groups is 1. The van der Waals surface area contributed by atoms with E-state index in [1.165, 1.54) is 0 Å². The molecule has 23 heavy (non-hydrogen) atoms. The summed E-state index contributed by atoms with van der Waals surface area (Å²) in [6.07, 6.45) is 3.13. The molecule has 0 radical (unpaired) electrons.